The predicted molar refractivity (Wildman–Crippen MR) is 161 cm³/mol. The minimum absolute atomic E-state index is 0.0662. The van der Waals surface area contributed by atoms with Gasteiger partial charge in [0.15, 0.2) is 0 Å². The van der Waals surface area contributed by atoms with Gasteiger partial charge >= 0.3 is 12.0 Å². The van der Waals surface area contributed by atoms with E-state index >= 15 is 0 Å². The van der Waals surface area contributed by atoms with Crippen LogP contribution in [0.15, 0.2) is 60.7 Å². The van der Waals surface area contributed by atoms with Crippen LogP contribution in [0.2, 0.25) is 15.1 Å². The van der Waals surface area contributed by atoms with Crippen LogP contribution in [0.5, 0.6) is 0 Å². The highest BCUT2D eigenvalue weighted by Crippen LogP contribution is 2.30. The van der Waals surface area contributed by atoms with Crippen molar-refractivity contribution in [2.24, 2.45) is 0 Å². The van der Waals surface area contributed by atoms with Crippen LogP contribution < -0.4 is 21.3 Å². The third-order valence-electron chi connectivity index (χ3n) is 6.65. The zero-order chi connectivity index (χ0) is 30.2. The first-order valence-electron chi connectivity index (χ1n) is 13.3. The van der Waals surface area contributed by atoms with Crippen molar-refractivity contribution in [3.8, 4) is 0 Å². The molecule has 0 saturated carbocycles. The molecule has 42 heavy (non-hydrogen) atoms. The van der Waals surface area contributed by atoms with E-state index in [1.165, 1.54) is 17.7 Å². The SMILES string of the molecule is CCOC(=O)C(CNC(=O)N[C@@H]1CCc2ccccc21)NC(=O)c1c(Cl)cc(C(=O)NCc2cccc(Cl)c2)cc1Cl. The number of benzene rings is 3. The maximum Gasteiger partial charge on any atom is 0.330 e. The molecule has 0 aromatic heterocycles. The Balaban J connectivity index is 1.39. The van der Waals surface area contributed by atoms with E-state index in [2.05, 4.69) is 21.3 Å². The Hall–Kier alpha value is -3.79. The van der Waals surface area contributed by atoms with Gasteiger partial charge in [-0.25, -0.2) is 9.59 Å². The van der Waals surface area contributed by atoms with Gasteiger partial charge in [-0.15, -0.1) is 0 Å². The monoisotopic (exact) mass is 630 g/mol. The molecule has 3 aromatic carbocycles. The molecular weight excluding hydrogens is 603 g/mol. The summed E-state index contributed by atoms with van der Waals surface area (Å²) >= 11 is 18.7. The first-order valence-corrected chi connectivity index (χ1v) is 14.4. The lowest BCUT2D eigenvalue weighted by atomic mass is 10.1. The molecule has 12 heteroatoms. The first-order chi connectivity index (χ1) is 20.2. The molecule has 0 bridgehead atoms. The highest BCUT2D eigenvalue weighted by atomic mass is 35.5. The van der Waals surface area contributed by atoms with Crippen molar-refractivity contribution < 1.29 is 23.9 Å². The second-order valence-electron chi connectivity index (χ2n) is 9.55. The normalized spacial score (nSPS) is 14.3. The lowest BCUT2D eigenvalue weighted by Gasteiger charge is -2.20. The number of halogens is 3. The fourth-order valence-electron chi connectivity index (χ4n) is 4.63. The number of urea groups is 1. The second kappa shape index (κ2) is 14.4. The average molecular weight is 632 g/mol. The van der Waals surface area contributed by atoms with Gasteiger partial charge in [0.05, 0.1) is 34.8 Å². The number of ether oxygens (including phenoxy) is 1. The second-order valence-corrected chi connectivity index (χ2v) is 10.8. The molecule has 9 nitrogen and oxygen atoms in total. The lowest BCUT2D eigenvalue weighted by molar-refractivity contribution is -0.145. The van der Waals surface area contributed by atoms with Crippen molar-refractivity contribution in [1.82, 2.24) is 21.3 Å². The molecule has 0 fully saturated rings. The Morgan fingerprint density at radius 3 is 2.38 bits per heavy atom. The van der Waals surface area contributed by atoms with E-state index in [1.54, 1.807) is 25.1 Å². The van der Waals surface area contributed by atoms with Gasteiger partial charge in [-0.1, -0.05) is 71.2 Å². The summed E-state index contributed by atoms with van der Waals surface area (Å²) in [6.45, 7) is 1.66. The van der Waals surface area contributed by atoms with Crippen molar-refractivity contribution in [2.45, 2.75) is 38.4 Å². The van der Waals surface area contributed by atoms with Crippen LogP contribution in [0.3, 0.4) is 0 Å². The molecule has 4 amide bonds. The van der Waals surface area contributed by atoms with Crippen LogP contribution in [0.4, 0.5) is 4.79 Å². The van der Waals surface area contributed by atoms with Crippen LogP contribution in [-0.2, 0) is 22.5 Å². The third-order valence-corrected chi connectivity index (χ3v) is 7.49. The van der Waals surface area contributed by atoms with E-state index in [9.17, 15) is 19.2 Å². The fraction of sp³-hybridized carbons (Fsp3) is 0.267. The molecular formula is C30H29Cl3N4O5. The van der Waals surface area contributed by atoms with Gasteiger partial charge in [-0.05, 0) is 60.7 Å². The summed E-state index contributed by atoms with van der Waals surface area (Å²) in [7, 11) is 0. The van der Waals surface area contributed by atoms with Crippen molar-refractivity contribution in [2.75, 3.05) is 13.2 Å². The van der Waals surface area contributed by atoms with Gasteiger partial charge in [0.25, 0.3) is 11.8 Å². The van der Waals surface area contributed by atoms with E-state index in [0.29, 0.717) is 5.02 Å². The average Bonchev–Trinajstić information content (AvgIpc) is 3.36. The number of amides is 4. The summed E-state index contributed by atoms with van der Waals surface area (Å²) in [5, 5.41) is 11.1. The molecule has 2 atom stereocenters. The topological polar surface area (TPSA) is 126 Å². The number of rotatable bonds is 10. The summed E-state index contributed by atoms with van der Waals surface area (Å²) in [5.41, 5.74) is 3.03. The molecule has 1 unspecified atom stereocenters. The molecule has 1 aliphatic carbocycles. The van der Waals surface area contributed by atoms with E-state index < -0.39 is 29.9 Å². The van der Waals surface area contributed by atoms with Gasteiger partial charge < -0.3 is 26.0 Å². The molecule has 1 aliphatic rings. The zero-order valence-electron chi connectivity index (χ0n) is 22.6. The lowest BCUT2D eigenvalue weighted by Crippen LogP contribution is -2.51. The van der Waals surface area contributed by atoms with Gasteiger partial charge in [0.1, 0.15) is 6.04 Å². The van der Waals surface area contributed by atoms with Crippen molar-refractivity contribution in [3.63, 3.8) is 0 Å². The van der Waals surface area contributed by atoms with E-state index in [4.69, 9.17) is 39.5 Å². The van der Waals surface area contributed by atoms with Crippen LogP contribution in [-0.4, -0.2) is 43.0 Å². The summed E-state index contributed by atoms with van der Waals surface area (Å²) < 4.78 is 5.08. The standard InChI is InChI=1S/C30H29Cl3N4O5/c1-2-42-29(40)25(16-35-30(41)37-24-11-10-18-7-3-4-9-21(18)24)36-28(39)26-22(32)13-19(14-23(26)33)27(38)34-15-17-6-5-8-20(31)12-17/h3-9,12-14,24-25H,2,10-11,15-16H2,1H3,(H,34,38)(H,36,39)(H2,35,37,41)/t24-,25?/m1/s1. The highest BCUT2D eigenvalue weighted by molar-refractivity contribution is 6.40. The summed E-state index contributed by atoms with van der Waals surface area (Å²) in [6, 6.07) is 15.6. The van der Waals surface area contributed by atoms with Gasteiger partial charge in [0, 0.05) is 17.1 Å². The predicted octanol–water partition coefficient (Wildman–Crippen LogP) is 5.23. The molecule has 0 saturated heterocycles. The molecule has 0 aliphatic heterocycles. The van der Waals surface area contributed by atoms with E-state index in [1.807, 2.05) is 30.3 Å². The van der Waals surface area contributed by atoms with Crippen molar-refractivity contribution >= 4 is 58.6 Å². The molecule has 220 valence electrons. The fourth-order valence-corrected chi connectivity index (χ4v) is 5.50. The number of esters is 1. The van der Waals surface area contributed by atoms with Crippen LogP contribution in [0, 0.1) is 0 Å². The Labute approximate surface area is 258 Å². The van der Waals surface area contributed by atoms with Gasteiger partial charge in [-0.2, -0.15) is 0 Å². The van der Waals surface area contributed by atoms with E-state index in [0.717, 1.165) is 24.0 Å². The Morgan fingerprint density at radius 2 is 1.67 bits per heavy atom. The first kappa shape index (κ1) is 31.2. The third kappa shape index (κ3) is 7.94. The number of carbonyl (C=O) groups excluding carboxylic acids is 4. The molecule has 0 heterocycles. The molecule has 3 aromatic rings. The van der Waals surface area contributed by atoms with Crippen molar-refractivity contribution in [3.05, 3.63) is 104 Å². The molecule has 4 N–H and O–H groups in total. The van der Waals surface area contributed by atoms with Crippen LogP contribution in [0.25, 0.3) is 0 Å². The Bertz CT molecular complexity index is 1480. The highest BCUT2D eigenvalue weighted by Gasteiger charge is 2.28. The smallest absolute Gasteiger partial charge is 0.330 e. The number of nitrogens with one attached hydrogen (secondary N) is 4. The summed E-state index contributed by atoms with van der Waals surface area (Å²) in [4.78, 5) is 51.1. The minimum atomic E-state index is -1.23. The largest absolute Gasteiger partial charge is 0.464 e. The number of carbonyl (C=O) groups is 4. The molecule has 0 radical (unpaired) electrons. The van der Waals surface area contributed by atoms with E-state index in [-0.39, 0.29) is 46.9 Å². The van der Waals surface area contributed by atoms with Crippen molar-refractivity contribution in [1.29, 1.82) is 0 Å². The van der Waals surface area contributed by atoms with Crippen LogP contribution >= 0.6 is 34.8 Å². The quantitative estimate of drug-likeness (QED) is 0.228. The molecule has 4 rings (SSSR count). The van der Waals surface area contributed by atoms with Crippen LogP contribution in [0.1, 0.15) is 56.8 Å². The minimum Gasteiger partial charge on any atom is -0.464 e. The Kier molecular flexibility index (Phi) is 10.7. The number of hydrogen-bond donors (Lipinski definition) is 4. The van der Waals surface area contributed by atoms with Gasteiger partial charge in [0.2, 0.25) is 0 Å². The number of fused-ring (bicyclic) bond motifs is 1. The summed E-state index contributed by atoms with van der Waals surface area (Å²) in [6.07, 6.45) is 1.61. The zero-order valence-corrected chi connectivity index (χ0v) is 24.9. The number of hydrogen-bond acceptors (Lipinski definition) is 5. The maximum atomic E-state index is 13.2. The molecule has 0 spiro atoms. The van der Waals surface area contributed by atoms with Gasteiger partial charge in [-0.3, -0.25) is 9.59 Å². The number of aryl methyl sites for hydroxylation is 1. The maximum absolute atomic E-state index is 13.2. The summed E-state index contributed by atoms with van der Waals surface area (Å²) in [5.74, 6) is -1.99. The Morgan fingerprint density at radius 1 is 0.929 bits per heavy atom.